The van der Waals surface area contributed by atoms with E-state index in [1.54, 1.807) is 42.5 Å². The maximum atomic E-state index is 12.6. The summed E-state index contributed by atoms with van der Waals surface area (Å²) in [6, 6.07) is 21.6. The minimum atomic E-state index is -3.59. The lowest BCUT2D eigenvalue weighted by Gasteiger charge is -2.08. The summed E-state index contributed by atoms with van der Waals surface area (Å²) in [5.41, 5.74) is 3.91. The normalized spacial score (nSPS) is 11.9. The number of aromatic hydroxyl groups is 1. The zero-order valence-electron chi connectivity index (χ0n) is 15.8. The number of sulfonamides is 1. The van der Waals surface area contributed by atoms with Gasteiger partial charge in [0.15, 0.2) is 0 Å². The molecule has 0 radical (unpaired) electrons. The molecular weight excluding hydrogens is 400 g/mol. The quantitative estimate of drug-likeness (QED) is 0.340. The minimum Gasteiger partial charge on any atom is -0.494 e. The summed E-state index contributed by atoms with van der Waals surface area (Å²) in [7, 11) is -3.59. The van der Waals surface area contributed by atoms with Gasteiger partial charge in [0, 0.05) is 16.6 Å². The molecule has 4 N–H and O–H groups in total. The Morgan fingerprint density at radius 2 is 1.67 bits per heavy atom. The van der Waals surface area contributed by atoms with Gasteiger partial charge in [0.05, 0.1) is 22.3 Å². The molecule has 0 bridgehead atoms. The minimum absolute atomic E-state index is 0.0339. The molecule has 0 atom stereocenters. The van der Waals surface area contributed by atoms with Gasteiger partial charge in [0.2, 0.25) is 15.9 Å². The van der Waals surface area contributed by atoms with Crippen molar-refractivity contribution in [3.63, 3.8) is 0 Å². The number of aromatic amines is 2. The third-order valence-corrected chi connectivity index (χ3v) is 6.14. The van der Waals surface area contributed by atoms with E-state index in [0.717, 1.165) is 11.0 Å². The highest BCUT2D eigenvalue weighted by atomic mass is 32.2. The van der Waals surface area contributed by atoms with Gasteiger partial charge in [-0.05, 0) is 35.9 Å². The van der Waals surface area contributed by atoms with Gasteiger partial charge in [-0.3, -0.25) is 4.72 Å². The second-order valence-corrected chi connectivity index (χ2v) is 8.78. The van der Waals surface area contributed by atoms with Crippen molar-refractivity contribution < 1.29 is 13.5 Å². The van der Waals surface area contributed by atoms with Crippen LogP contribution in [0.25, 0.3) is 33.3 Å². The molecule has 0 spiro atoms. The Morgan fingerprint density at radius 1 is 0.900 bits per heavy atom. The van der Waals surface area contributed by atoms with Crippen LogP contribution in [-0.4, -0.2) is 28.5 Å². The molecule has 7 nitrogen and oxygen atoms in total. The standard InChI is InChI=1S/C22H18N4O3S/c27-22-20(21-23-18-8-4-5-9-19(18)24-21)16-12-15(10-11-17(16)25-22)26-30(28,29)13-14-6-2-1-3-7-14/h1-12,25-27H,13H2,(H,23,24). The number of fused-ring (bicyclic) bond motifs is 2. The van der Waals surface area contributed by atoms with Crippen LogP contribution in [0.4, 0.5) is 5.69 Å². The van der Waals surface area contributed by atoms with Crippen LogP contribution in [0, 0.1) is 0 Å². The largest absolute Gasteiger partial charge is 0.494 e. The molecule has 3 aromatic carbocycles. The fourth-order valence-electron chi connectivity index (χ4n) is 3.56. The molecule has 2 heterocycles. The summed E-state index contributed by atoms with van der Waals surface area (Å²) in [6.45, 7) is 0. The van der Waals surface area contributed by atoms with Crippen molar-refractivity contribution in [1.29, 1.82) is 0 Å². The molecule has 0 aliphatic carbocycles. The maximum absolute atomic E-state index is 12.6. The van der Waals surface area contributed by atoms with Gasteiger partial charge in [-0.25, -0.2) is 13.4 Å². The van der Waals surface area contributed by atoms with Gasteiger partial charge < -0.3 is 15.1 Å². The molecule has 8 heteroatoms. The third-order valence-electron chi connectivity index (χ3n) is 4.88. The zero-order chi connectivity index (χ0) is 20.7. The predicted molar refractivity (Wildman–Crippen MR) is 118 cm³/mol. The zero-order valence-corrected chi connectivity index (χ0v) is 16.6. The van der Waals surface area contributed by atoms with Crippen LogP contribution < -0.4 is 4.72 Å². The number of anilines is 1. The van der Waals surface area contributed by atoms with E-state index in [2.05, 4.69) is 19.7 Å². The average Bonchev–Trinajstić information content (AvgIpc) is 3.27. The number of imidazole rings is 1. The number of hydrogen-bond donors (Lipinski definition) is 4. The first-order chi connectivity index (χ1) is 14.5. The first kappa shape index (κ1) is 18.3. The Hall–Kier alpha value is -3.78. The van der Waals surface area contributed by atoms with Crippen LogP contribution in [0.3, 0.4) is 0 Å². The Bertz CT molecular complexity index is 1440. The SMILES string of the molecule is O=S(=O)(Cc1ccccc1)Nc1ccc2[nH]c(O)c(-c3nc4ccccc4[nH]3)c2c1. The fraction of sp³-hybridized carbons (Fsp3) is 0.0455. The molecule has 150 valence electrons. The summed E-state index contributed by atoms with van der Waals surface area (Å²) in [6.07, 6.45) is 0. The first-order valence-corrected chi connectivity index (χ1v) is 11.0. The van der Waals surface area contributed by atoms with Crippen LogP contribution >= 0.6 is 0 Å². The van der Waals surface area contributed by atoms with Crippen LogP contribution in [0.5, 0.6) is 5.88 Å². The van der Waals surface area contributed by atoms with E-state index in [1.165, 1.54) is 0 Å². The average molecular weight is 418 g/mol. The fourth-order valence-corrected chi connectivity index (χ4v) is 4.75. The number of nitrogens with one attached hydrogen (secondary N) is 3. The molecule has 0 saturated heterocycles. The molecule has 2 aromatic heterocycles. The van der Waals surface area contributed by atoms with Crippen molar-refractivity contribution in [3.8, 4) is 17.3 Å². The molecule has 0 unspecified atom stereocenters. The monoisotopic (exact) mass is 418 g/mol. The van der Waals surface area contributed by atoms with Crippen molar-refractivity contribution in [2.24, 2.45) is 0 Å². The Kier molecular flexibility index (Phi) is 4.22. The summed E-state index contributed by atoms with van der Waals surface area (Å²) in [5.74, 6) is 0.346. The summed E-state index contributed by atoms with van der Waals surface area (Å²) >= 11 is 0. The van der Waals surface area contributed by atoms with Crippen LogP contribution in [-0.2, 0) is 15.8 Å². The predicted octanol–water partition coefficient (Wildman–Crippen LogP) is 4.36. The van der Waals surface area contributed by atoms with Gasteiger partial charge in [-0.2, -0.15) is 0 Å². The van der Waals surface area contributed by atoms with Gasteiger partial charge >= 0.3 is 0 Å². The smallest absolute Gasteiger partial charge is 0.236 e. The molecule has 5 aromatic rings. The van der Waals surface area contributed by atoms with Crippen molar-refractivity contribution in [1.82, 2.24) is 15.0 Å². The molecule has 0 amide bonds. The van der Waals surface area contributed by atoms with Crippen LogP contribution in [0.1, 0.15) is 5.56 Å². The van der Waals surface area contributed by atoms with E-state index in [4.69, 9.17) is 0 Å². The van der Waals surface area contributed by atoms with Crippen molar-refractivity contribution >= 4 is 37.6 Å². The highest BCUT2D eigenvalue weighted by Gasteiger charge is 2.18. The topological polar surface area (TPSA) is 111 Å². The number of nitrogens with zero attached hydrogens (tertiary/aromatic N) is 1. The molecule has 0 fully saturated rings. The van der Waals surface area contributed by atoms with Gasteiger partial charge in [-0.15, -0.1) is 0 Å². The van der Waals surface area contributed by atoms with Crippen LogP contribution in [0.15, 0.2) is 72.8 Å². The molecule has 0 aliphatic heterocycles. The van der Waals surface area contributed by atoms with E-state index in [-0.39, 0.29) is 11.6 Å². The summed E-state index contributed by atoms with van der Waals surface area (Å²) in [4.78, 5) is 10.7. The Balaban J connectivity index is 1.53. The molecule has 0 aliphatic rings. The third kappa shape index (κ3) is 3.37. The maximum Gasteiger partial charge on any atom is 0.236 e. The van der Waals surface area contributed by atoms with E-state index in [1.807, 2.05) is 30.3 Å². The van der Waals surface area contributed by atoms with Crippen molar-refractivity contribution in [2.75, 3.05) is 4.72 Å². The van der Waals surface area contributed by atoms with Crippen molar-refractivity contribution in [2.45, 2.75) is 5.75 Å². The number of hydrogen-bond acceptors (Lipinski definition) is 4. The van der Waals surface area contributed by atoms with E-state index in [0.29, 0.717) is 33.5 Å². The number of para-hydroxylation sites is 2. The highest BCUT2D eigenvalue weighted by molar-refractivity contribution is 7.91. The van der Waals surface area contributed by atoms with E-state index in [9.17, 15) is 13.5 Å². The van der Waals surface area contributed by atoms with E-state index < -0.39 is 10.0 Å². The number of aromatic nitrogens is 3. The Morgan fingerprint density at radius 3 is 2.47 bits per heavy atom. The molecular formula is C22H18N4O3S. The second-order valence-electron chi connectivity index (χ2n) is 7.06. The molecule has 5 rings (SSSR count). The lowest BCUT2D eigenvalue weighted by atomic mass is 10.1. The van der Waals surface area contributed by atoms with Gasteiger partial charge in [-0.1, -0.05) is 42.5 Å². The van der Waals surface area contributed by atoms with Crippen LogP contribution in [0.2, 0.25) is 0 Å². The highest BCUT2D eigenvalue weighted by Crippen LogP contribution is 2.37. The molecule has 30 heavy (non-hydrogen) atoms. The second kappa shape index (κ2) is 6.93. The lowest BCUT2D eigenvalue weighted by molar-refractivity contribution is 0.460. The number of rotatable bonds is 5. The van der Waals surface area contributed by atoms with Gasteiger partial charge in [0.1, 0.15) is 5.82 Å². The summed E-state index contributed by atoms with van der Waals surface area (Å²) < 4.78 is 27.8. The number of H-pyrrole nitrogens is 2. The van der Waals surface area contributed by atoms with E-state index >= 15 is 0 Å². The Labute approximate surface area is 172 Å². The molecule has 0 saturated carbocycles. The van der Waals surface area contributed by atoms with Crippen molar-refractivity contribution in [3.05, 3.63) is 78.4 Å². The number of benzene rings is 3. The lowest BCUT2D eigenvalue weighted by Crippen LogP contribution is -2.14. The van der Waals surface area contributed by atoms with Gasteiger partial charge in [0.25, 0.3) is 0 Å². The first-order valence-electron chi connectivity index (χ1n) is 9.33. The summed E-state index contributed by atoms with van der Waals surface area (Å²) in [5, 5.41) is 11.1.